The van der Waals surface area contributed by atoms with Crippen LogP contribution in [0.5, 0.6) is 5.75 Å². The van der Waals surface area contributed by atoms with Crippen molar-refractivity contribution >= 4 is 23.2 Å². The number of carbonyl (C=O) groups is 2. The molecule has 0 fully saturated rings. The molecule has 2 amide bonds. The molecule has 7 heteroatoms. The van der Waals surface area contributed by atoms with Gasteiger partial charge in [0, 0.05) is 6.07 Å². The minimum absolute atomic E-state index is 0.310. The van der Waals surface area contributed by atoms with Gasteiger partial charge in [-0.1, -0.05) is 12.1 Å². The van der Waals surface area contributed by atoms with Crippen LogP contribution in [0.3, 0.4) is 0 Å². The second-order valence-electron chi connectivity index (χ2n) is 5.16. The van der Waals surface area contributed by atoms with Crippen LogP contribution in [-0.4, -0.2) is 17.4 Å². The van der Waals surface area contributed by atoms with E-state index in [9.17, 15) is 18.4 Å². The summed E-state index contributed by atoms with van der Waals surface area (Å²) in [5.74, 6) is -2.84. The second kappa shape index (κ2) is 5.35. The van der Waals surface area contributed by atoms with Gasteiger partial charge >= 0.3 is 0 Å². The number of halogens is 2. The van der Waals surface area contributed by atoms with Crippen molar-refractivity contribution in [1.29, 1.82) is 0 Å². The fourth-order valence-electron chi connectivity index (χ4n) is 2.15. The molecule has 23 heavy (non-hydrogen) atoms. The quantitative estimate of drug-likeness (QED) is 0.837. The third-order valence-electron chi connectivity index (χ3n) is 3.49. The Morgan fingerprint density at radius 1 is 1.22 bits per heavy atom. The third-order valence-corrected chi connectivity index (χ3v) is 3.49. The van der Waals surface area contributed by atoms with E-state index in [1.54, 1.807) is 24.3 Å². The summed E-state index contributed by atoms with van der Waals surface area (Å²) in [6, 6.07) is 9.22. The molecule has 118 valence electrons. The topological polar surface area (TPSA) is 67.4 Å². The van der Waals surface area contributed by atoms with Gasteiger partial charge in [-0.3, -0.25) is 9.59 Å². The van der Waals surface area contributed by atoms with E-state index < -0.39 is 29.0 Å². The van der Waals surface area contributed by atoms with Crippen molar-refractivity contribution in [2.45, 2.75) is 12.5 Å². The van der Waals surface area contributed by atoms with E-state index >= 15 is 0 Å². The van der Waals surface area contributed by atoms with E-state index in [4.69, 9.17) is 4.74 Å². The van der Waals surface area contributed by atoms with Gasteiger partial charge in [0.05, 0.1) is 11.4 Å². The van der Waals surface area contributed by atoms with Crippen molar-refractivity contribution in [2.24, 2.45) is 0 Å². The Hall–Kier alpha value is -2.96. The molecule has 0 spiro atoms. The van der Waals surface area contributed by atoms with Gasteiger partial charge in [-0.25, -0.2) is 8.78 Å². The van der Waals surface area contributed by atoms with Gasteiger partial charge < -0.3 is 15.4 Å². The summed E-state index contributed by atoms with van der Waals surface area (Å²) in [5.41, 5.74) is -1.85. The highest BCUT2D eigenvalue weighted by molar-refractivity contribution is 6.19. The first-order valence-corrected chi connectivity index (χ1v) is 6.76. The number of benzene rings is 2. The van der Waals surface area contributed by atoms with Crippen LogP contribution in [0, 0.1) is 11.6 Å². The Balaban J connectivity index is 1.89. The number of amides is 2. The van der Waals surface area contributed by atoms with E-state index in [0.29, 0.717) is 11.4 Å². The number of fused-ring (bicyclic) bond motifs is 1. The van der Waals surface area contributed by atoms with Crippen LogP contribution in [0.1, 0.15) is 6.92 Å². The van der Waals surface area contributed by atoms with Crippen LogP contribution in [0.4, 0.5) is 20.2 Å². The number of anilines is 2. The van der Waals surface area contributed by atoms with Crippen LogP contribution in [0.15, 0.2) is 42.5 Å². The molecule has 3 rings (SSSR count). The fourth-order valence-corrected chi connectivity index (χ4v) is 2.15. The smallest absolute Gasteiger partial charge is 0.278 e. The van der Waals surface area contributed by atoms with Gasteiger partial charge in [-0.2, -0.15) is 0 Å². The minimum Gasteiger partial charge on any atom is -0.466 e. The second-order valence-corrected chi connectivity index (χ2v) is 5.16. The largest absolute Gasteiger partial charge is 0.466 e. The molecule has 0 saturated carbocycles. The van der Waals surface area contributed by atoms with Gasteiger partial charge in [0.2, 0.25) is 0 Å². The molecule has 1 heterocycles. The van der Waals surface area contributed by atoms with Crippen molar-refractivity contribution in [2.75, 3.05) is 10.6 Å². The Morgan fingerprint density at radius 2 is 1.96 bits per heavy atom. The zero-order valence-corrected chi connectivity index (χ0v) is 12.0. The highest BCUT2D eigenvalue weighted by Crippen LogP contribution is 2.34. The van der Waals surface area contributed by atoms with Crippen LogP contribution >= 0.6 is 0 Å². The highest BCUT2D eigenvalue weighted by Gasteiger charge is 2.47. The Labute approximate surface area is 130 Å². The monoisotopic (exact) mass is 318 g/mol. The van der Waals surface area contributed by atoms with E-state index in [-0.39, 0.29) is 5.69 Å². The first kappa shape index (κ1) is 15.0. The lowest BCUT2D eigenvalue weighted by atomic mass is 10.0. The standard InChI is InChI=1S/C16H12F2N2O3/c1-16(14(21)19-11-4-2-3-5-13(11)23-16)15(22)20-12-8-9(17)6-7-10(12)18/h2-8H,1H3,(H,19,21)(H,20,22)/t16-/m0/s1. The normalized spacial score (nSPS) is 19.3. The Bertz CT molecular complexity index is 810. The van der Waals surface area contributed by atoms with Crippen molar-refractivity contribution in [3.63, 3.8) is 0 Å². The van der Waals surface area contributed by atoms with E-state index in [0.717, 1.165) is 18.2 Å². The molecule has 1 atom stereocenters. The van der Waals surface area contributed by atoms with Gasteiger partial charge in [-0.15, -0.1) is 0 Å². The number of para-hydroxylation sites is 2. The molecule has 5 nitrogen and oxygen atoms in total. The number of ether oxygens (including phenoxy) is 1. The van der Waals surface area contributed by atoms with Crippen molar-refractivity contribution in [3.05, 3.63) is 54.1 Å². The molecule has 2 N–H and O–H groups in total. The van der Waals surface area contributed by atoms with Crippen LogP contribution in [-0.2, 0) is 9.59 Å². The molecule has 0 aromatic heterocycles. The van der Waals surface area contributed by atoms with Crippen LogP contribution in [0.2, 0.25) is 0 Å². The summed E-state index contributed by atoms with van der Waals surface area (Å²) >= 11 is 0. The SMILES string of the molecule is C[C@]1(C(=O)Nc2cc(F)ccc2F)Oc2ccccc2NC1=O. The maximum Gasteiger partial charge on any atom is 0.278 e. The molecule has 0 unspecified atom stereocenters. The molecular weight excluding hydrogens is 306 g/mol. The number of carbonyl (C=O) groups excluding carboxylic acids is 2. The number of nitrogens with one attached hydrogen (secondary N) is 2. The summed E-state index contributed by atoms with van der Waals surface area (Å²) in [4.78, 5) is 24.6. The lowest BCUT2D eigenvalue weighted by Crippen LogP contribution is -2.56. The Morgan fingerprint density at radius 3 is 2.74 bits per heavy atom. The molecule has 0 radical (unpaired) electrons. The molecule has 1 aliphatic rings. The zero-order valence-electron chi connectivity index (χ0n) is 12.0. The molecule has 0 aliphatic carbocycles. The third kappa shape index (κ3) is 2.61. The average molecular weight is 318 g/mol. The average Bonchev–Trinajstić information content (AvgIpc) is 2.52. The van der Waals surface area contributed by atoms with E-state index in [1.165, 1.54) is 6.92 Å². The van der Waals surface area contributed by atoms with E-state index in [2.05, 4.69) is 10.6 Å². The number of hydrogen-bond acceptors (Lipinski definition) is 3. The molecule has 2 aromatic carbocycles. The zero-order chi connectivity index (χ0) is 16.6. The lowest BCUT2D eigenvalue weighted by molar-refractivity contribution is -0.143. The van der Waals surface area contributed by atoms with Crippen molar-refractivity contribution in [1.82, 2.24) is 0 Å². The highest BCUT2D eigenvalue weighted by atomic mass is 19.1. The molecule has 2 aromatic rings. The van der Waals surface area contributed by atoms with E-state index in [1.807, 2.05) is 0 Å². The van der Waals surface area contributed by atoms with Gasteiger partial charge in [-0.05, 0) is 31.2 Å². The van der Waals surface area contributed by atoms with Crippen molar-refractivity contribution in [3.8, 4) is 5.75 Å². The first-order valence-electron chi connectivity index (χ1n) is 6.76. The predicted octanol–water partition coefficient (Wildman–Crippen LogP) is 2.69. The lowest BCUT2D eigenvalue weighted by Gasteiger charge is -2.33. The van der Waals surface area contributed by atoms with Gasteiger partial charge in [0.25, 0.3) is 17.4 Å². The molecule has 0 bridgehead atoms. The summed E-state index contributed by atoms with van der Waals surface area (Å²) < 4.78 is 32.3. The summed E-state index contributed by atoms with van der Waals surface area (Å²) in [7, 11) is 0. The maximum absolute atomic E-state index is 13.6. The predicted molar refractivity (Wildman–Crippen MR) is 79.1 cm³/mol. The fraction of sp³-hybridized carbons (Fsp3) is 0.125. The van der Waals surface area contributed by atoms with Crippen molar-refractivity contribution < 1.29 is 23.1 Å². The van der Waals surface area contributed by atoms with Gasteiger partial charge in [0.15, 0.2) is 0 Å². The maximum atomic E-state index is 13.6. The molecular formula is C16H12F2N2O3. The summed E-state index contributed by atoms with van der Waals surface area (Å²) in [6.45, 7) is 1.25. The van der Waals surface area contributed by atoms with Gasteiger partial charge in [0.1, 0.15) is 17.4 Å². The molecule has 0 saturated heterocycles. The number of hydrogen-bond donors (Lipinski definition) is 2. The number of rotatable bonds is 2. The minimum atomic E-state index is -1.91. The Kier molecular flexibility index (Phi) is 3.48. The van der Waals surface area contributed by atoms with Crippen LogP contribution in [0.25, 0.3) is 0 Å². The molecule has 1 aliphatic heterocycles. The first-order chi connectivity index (χ1) is 10.9. The van der Waals surface area contributed by atoms with Crippen LogP contribution < -0.4 is 15.4 Å². The summed E-state index contributed by atoms with van der Waals surface area (Å²) in [6.07, 6.45) is 0. The summed E-state index contributed by atoms with van der Waals surface area (Å²) in [5, 5.41) is 4.73.